The zero-order chi connectivity index (χ0) is 15.1. The fourth-order valence-corrected chi connectivity index (χ4v) is 3.84. The van der Waals surface area contributed by atoms with Crippen molar-refractivity contribution in [3.63, 3.8) is 0 Å². The fourth-order valence-electron chi connectivity index (χ4n) is 3.37. The van der Waals surface area contributed by atoms with Crippen LogP contribution in [0.3, 0.4) is 0 Å². The third-order valence-corrected chi connectivity index (χ3v) is 5.12. The average molecular weight is 325 g/mol. The van der Waals surface area contributed by atoms with Crippen molar-refractivity contribution in [2.24, 2.45) is 7.05 Å². The first-order valence-electron chi connectivity index (χ1n) is 7.12. The monoisotopic (exact) mass is 324 g/mol. The summed E-state index contributed by atoms with van der Waals surface area (Å²) in [5.41, 5.74) is 4.86. The molecule has 1 aliphatic rings. The number of methoxy groups -OCH3 is 1. The molecule has 3 nitrogen and oxygen atoms in total. The van der Waals surface area contributed by atoms with Crippen LogP contribution >= 0.6 is 23.2 Å². The van der Waals surface area contributed by atoms with Crippen molar-refractivity contribution in [1.82, 2.24) is 9.78 Å². The number of halogens is 2. The Bertz CT molecular complexity index is 694. The molecule has 0 fully saturated rings. The maximum Gasteiger partial charge on any atom is 0.123 e. The van der Waals surface area contributed by atoms with Gasteiger partial charge in [0.15, 0.2) is 0 Å². The van der Waals surface area contributed by atoms with Gasteiger partial charge in [0, 0.05) is 18.3 Å². The van der Waals surface area contributed by atoms with Gasteiger partial charge in [0.2, 0.25) is 0 Å². The molecule has 0 bridgehead atoms. The van der Waals surface area contributed by atoms with Crippen molar-refractivity contribution in [3.8, 4) is 5.75 Å². The Balaban J connectivity index is 2.02. The molecule has 0 amide bonds. The lowest BCUT2D eigenvalue weighted by Gasteiger charge is -2.17. The summed E-state index contributed by atoms with van der Waals surface area (Å²) in [5.74, 6) is 1.09. The van der Waals surface area contributed by atoms with E-state index in [1.807, 2.05) is 17.8 Å². The third-order valence-electron chi connectivity index (χ3n) is 4.30. The highest BCUT2D eigenvalue weighted by atomic mass is 35.5. The van der Waals surface area contributed by atoms with E-state index in [2.05, 4.69) is 12.0 Å². The van der Waals surface area contributed by atoms with Gasteiger partial charge in [0.1, 0.15) is 5.75 Å². The number of fused-ring (bicyclic) bond motifs is 1. The van der Waals surface area contributed by atoms with Crippen molar-refractivity contribution < 1.29 is 4.74 Å². The summed E-state index contributed by atoms with van der Waals surface area (Å²) in [5, 5.41) is 5.83. The molecule has 1 aromatic carbocycles. The zero-order valence-electron chi connectivity index (χ0n) is 12.4. The van der Waals surface area contributed by atoms with E-state index in [-0.39, 0.29) is 5.92 Å². The maximum absolute atomic E-state index is 6.43. The summed E-state index contributed by atoms with van der Waals surface area (Å²) < 4.78 is 7.48. The van der Waals surface area contributed by atoms with Crippen LogP contribution in [0.15, 0.2) is 12.1 Å². The minimum absolute atomic E-state index is 0.287. The number of ether oxygens (including phenoxy) is 1. The van der Waals surface area contributed by atoms with Gasteiger partial charge in [-0.05, 0) is 42.9 Å². The molecule has 0 N–H and O–H groups in total. The molecule has 0 radical (unpaired) electrons. The van der Waals surface area contributed by atoms with Gasteiger partial charge in [-0.1, -0.05) is 30.1 Å². The van der Waals surface area contributed by atoms with Gasteiger partial charge in [-0.15, -0.1) is 0 Å². The lowest BCUT2D eigenvalue weighted by Crippen LogP contribution is -2.06. The molecule has 1 aromatic heterocycles. The summed E-state index contributed by atoms with van der Waals surface area (Å²) in [6.07, 6.45) is 2.83. The Kier molecular flexibility index (Phi) is 3.89. The Labute approximate surface area is 134 Å². The van der Waals surface area contributed by atoms with Gasteiger partial charge in [0.25, 0.3) is 0 Å². The Morgan fingerprint density at radius 1 is 1.33 bits per heavy atom. The topological polar surface area (TPSA) is 27.1 Å². The van der Waals surface area contributed by atoms with Crippen LogP contribution in [0.2, 0.25) is 10.0 Å². The van der Waals surface area contributed by atoms with Crippen LogP contribution in [0.1, 0.15) is 35.4 Å². The second kappa shape index (κ2) is 5.54. The van der Waals surface area contributed by atoms with E-state index >= 15 is 0 Å². The second-order valence-electron chi connectivity index (χ2n) is 5.43. The maximum atomic E-state index is 6.43. The summed E-state index contributed by atoms with van der Waals surface area (Å²) in [6.45, 7) is 2.16. The van der Waals surface area contributed by atoms with E-state index in [1.165, 1.54) is 17.0 Å². The van der Waals surface area contributed by atoms with Crippen molar-refractivity contribution in [3.05, 3.63) is 44.7 Å². The number of hydrogen-bond acceptors (Lipinski definition) is 2. The van der Waals surface area contributed by atoms with Crippen LogP contribution in [0.5, 0.6) is 5.75 Å². The van der Waals surface area contributed by atoms with Gasteiger partial charge in [-0.3, -0.25) is 4.68 Å². The fraction of sp³-hybridized carbons (Fsp3) is 0.438. The highest BCUT2D eigenvalue weighted by Gasteiger charge is 2.32. The standard InChI is InChI=1S/C16H18Cl2N2O/c1-4-13-10-7-9(8-12(10)19-20(13)2)15-14(21-3)6-5-11(17)16(15)18/h5-6,9H,4,7-8H2,1-3H3. The number of aromatic nitrogens is 2. The number of rotatable bonds is 3. The first-order valence-corrected chi connectivity index (χ1v) is 7.87. The first kappa shape index (κ1) is 14.7. The van der Waals surface area contributed by atoms with Crippen molar-refractivity contribution >= 4 is 23.2 Å². The Morgan fingerprint density at radius 3 is 2.76 bits per heavy atom. The van der Waals surface area contributed by atoms with Gasteiger partial charge in [-0.2, -0.15) is 5.10 Å². The molecule has 3 rings (SSSR count). The molecule has 1 atom stereocenters. The van der Waals surface area contributed by atoms with E-state index in [0.717, 1.165) is 30.6 Å². The molecule has 112 valence electrons. The molecule has 5 heteroatoms. The molecular weight excluding hydrogens is 307 g/mol. The molecule has 0 saturated heterocycles. The summed E-state index contributed by atoms with van der Waals surface area (Å²) in [7, 11) is 3.68. The van der Waals surface area contributed by atoms with E-state index in [4.69, 9.17) is 27.9 Å². The van der Waals surface area contributed by atoms with Crippen LogP contribution in [0.25, 0.3) is 0 Å². The Hall–Kier alpha value is -1.19. The van der Waals surface area contributed by atoms with E-state index in [9.17, 15) is 0 Å². The minimum Gasteiger partial charge on any atom is -0.496 e. The minimum atomic E-state index is 0.287. The average Bonchev–Trinajstić information content (AvgIpc) is 2.97. The highest BCUT2D eigenvalue weighted by molar-refractivity contribution is 6.42. The van der Waals surface area contributed by atoms with Gasteiger partial charge in [-0.25, -0.2) is 0 Å². The quantitative estimate of drug-likeness (QED) is 0.846. The SMILES string of the molecule is CCc1c2c(nn1C)CC(c1c(OC)ccc(Cl)c1Cl)C2. The van der Waals surface area contributed by atoms with E-state index in [1.54, 1.807) is 13.2 Å². The zero-order valence-corrected chi connectivity index (χ0v) is 13.9. The molecular formula is C16H18Cl2N2O. The summed E-state index contributed by atoms with van der Waals surface area (Å²) in [4.78, 5) is 0. The predicted molar refractivity (Wildman–Crippen MR) is 85.7 cm³/mol. The molecule has 1 aliphatic carbocycles. The lowest BCUT2D eigenvalue weighted by molar-refractivity contribution is 0.405. The van der Waals surface area contributed by atoms with Gasteiger partial charge in [0.05, 0.1) is 22.8 Å². The molecule has 0 spiro atoms. The molecule has 1 heterocycles. The largest absolute Gasteiger partial charge is 0.496 e. The highest BCUT2D eigenvalue weighted by Crippen LogP contribution is 2.44. The van der Waals surface area contributed by atoms with E-state index in [0.29, 0.717) is 10.0 Å². The van der Waals surface area contributed by atoms with Crippen molar-refractivity contribution in [2.75, 3.05) is 7.11 Å². The lowest BCUT2D eigenvalue weighted by atomic mass is 9.95. The number of nitrogens with zero attached hydrogens (tertiary/aromatic N) is 2. The van der Waals surface area contributed by atoms with Crippen LogP contribution in [0.4, 0.5) is 0 Å². The third kappa shape index (κ3) is 2.33. The number of benzene rings is 1. The molecule has 1 unspecified atom stereocenters. The summed E-state index contributed by atoms with van der Waals surface area (Å²) >= 11 is 12.6. The van der Waals surface area contributed by atoms with Gasteiger partial charge < -0.3 is 4.74 Å². The molecule has 0 saturated carbocycles. The van der Waals surface area contributed by atoms with Crippen molar-refractivity contribution in [2.45, 2.75) is 32.1 Å². The normalized spacial score (nSPS) is 17.1. The van der Waals surface area contributed by atoms with Crippen LogP contribution in [0, 0.1) is 0 Å². The number of hydrogen-bond donors (Lipinski definition) is 0. The van der Waals surface area contributed by atoms with Crippen molar-refractivity contribution in [1.29, 1.82) is 0 Å². The van der Waals surface area contributed by atoms with E-state index < -0.39 is 0 Å². The molecule has 2 aromatic rings. The van der Waals surface area contributed by atoms with Gasteiger partial charge >= 0.3 is 0 Å². The number of aryl methyl sites for hydroxylation is 1. The predicted octanol–water partition coefficient (Wildman–Crippen LogP) is 4.18. The first-order chi connectivity index (χ1) is 10.1. The second-order valence-corrected chi connectivity index (χ2v) is 6.22. The molecule has 21 heavy (non-hydrogen) atoms. The smallest absolute Gasteiger partial charge is 0.123 e. The van der Waals surface area contributed by atoms with Crippen LogP contribution in [-0.2, 0) is 26.3 Å². The van der Waals surface area contributed by atoms with Crippen LogP contribution in [-0.4, -0.2) is 16.9 Å². The Morgan fingerprint density at radius 2 is 2.10 bits per heavy atom. The molecule has 0 aliphatic heterocycles. The summed E-state index contributed by atoms with van der Waals surface area (Å²) in [6, 6.07) is 3.67. The van der Waals surface area contributed by atoms with Crippen LogP contribution < -0.4 is 4.74 Å².